The molecule has 0 aliphatic rings. The number of hydrogen-bond donors (Lipinski definition) is 1. The molecule has 1 aromatic heterocycles. The molecule has 3 rings (SSSR count). The minimum atomic E-state index is -4.79. The molecule has 26 heavy (non-hydrogen) atoms. The van der Waals surface area contributed by atoms with E-state index in [1.54, 1.807) is 30.3 Å². The molecule has 1 heterocycles. The van der Waals surface area contributed by atoms with Crippen LogP contribution in [0.4, 0.5) is 23.2 Å². The second-order valence-electron chi connectivity index (χ2n) is 5.14. The monoisotopic (exact) mass is 400 g/mol. The van der Waals surface area contributed by atoms with Gasteiger partial charge in [0, 0.05) is 11.3 Å². The number of benzene rings is 2. The van der Waals surface area contributed by atoms with E-state index >= 15 is 0 Å². The van der Waals surface area contributed by atoms with Crippen molar-refractivity contribution in [2.24, 2.45) is 0 Å². The van der Waals surface area contributed by atoms with Crippen molar-refractivity contribution >= 4 is 34.5 Å². The van der Waals surface area contributed by atoms with Crippen LogP contribution in [0.5, 0.6) is 0 Å². The van der Waals surface area contributed by atoms with Gasteiger partial charge in [-0.15, -0.1) is 11.3 Å². The highest BCUT2D eigenvalue weighted by molar-refractivity contribution is 7.17. The number of carbonyl (C=O) groups excluding carboxylic acids is 1. The number of anilines is 1. The molecule has 0 atom stereocenters. The Bertz CT molecular complexity index is 957. The fraction of sp³-hybridized carbons (Fsp3) is 0.0588. The van der Waals surface area contributed by atoms with Crippen LogP contribution < -0.4 is 5.32 Å². The summed E-state index contributed by atoms with van der Waals surface area (Å²) < 4.78 is 53.0. The first kappa shape index (κ1) is 18.3. The SMILES string of the molecule is O=C(Nc1ccc(F)c(Cl)c1)c1sc(-c2ccccc2)nc1C(F)(F)F. The Kier molecular flexibility index (Phi) is 4.97. The normalized spacial score (nSPS) is 11.4. The van der Waals surface area contributed by atoms with Crippen LogP contribution in [0.15, 0.2) is 48.5 Å². The third kappa shape index (κ3) is 3.86. The van der Waals surface area contributed by atoms with E-state index in [1.807, 2.05) is 0 Å². The van der Waals surface area contributed by atoms with Crippen LogP contribution in [0.1, 0.15) is 15.4 Å². The predicted octanol–water partition coefficient (Wildman–Crippen LogP) is 5.87. The van der Waals surface area contributed by atoms with Gasteiger partial charge in [0.05, 0.1) is 5.02 Å². The molecule has 3 aromatic rings. The van der Waals surface area contributed by atoms with Gasteiger partial charge in [0.15, 0.2) is 5.69 Å². The number of nitrogens with one attached hydrogen (secondary N) is 1. The van der Waals surface area contributed by atoms with Crippen LogP contribution in [0.25, 0.3) is 10.6 Å². The topological polar surface area (TPSA) is 42.0 Å². The van der Waals surface area contributed by atoms with E-state index in [1.165, 1.54) is 6.07 Å². The van der Waals surface area contributed by atoms with Gasteiger partial charge < -0.3 is 5.32 Å². The number of halogens is 5. The van der Waals surface area contributed by atoms with Gasteiger partial charge in [0.2, 0.25) is 0 Å². The molecule has 0 fully saturated rings. The van der Waals surface area contributed by atoms with Crippen molar-refractivity contribution in [3.63, 3.8) is 0 Å². The number of thiazole rings is 1. The van der Waals surface area contributed by atoms with Crippen LogP contribution >= 0.6 is 22.9 Å². The summed E-state index contributed by atoms with van der Waals surface area (Å²) in [5.74, 6) is -1.70. The fourth-order valence-electron chi connectivity index (χ4n) is 2.13. The zero-order valence-corrected chi connectivity index (χ0v) is 14.3. The van der Waals surface area contributed by atoms with Crippen molar-refractivity contribution in [2.45, 2.75) is 6.18 Å². The van der Waals surface area contributed by atoms with Gasteiger partial charge in [0.25, 0.3) is 5.91 Å². The minimum absolute atomic E-state index is 0.0696. The summed E-state index contributed by atoms with van der Waals surface area (Å²) >= 11 is 6.24. The summed E-state index contributed by atoms with van der Waals surface area (Å²) in [7, 11) is 0. The van der Waals surface area contributed by atoms with Gasteiger partial charge in [-0.05, 0) is 18.2 Å². The van der Waals surface area contributed by atoms with Crippen LogP contribution in [-0.2, 0) is 6.18 Å². The van der Waals surface area contributed by atoms with Crippen molar-refractivity contribution in [3.8, 4) is 10.6 Å². The number of nitrogens with zero attached hydrogens (tertiary/aromatic N) is 1. The van der Waals surface area contributed by atoms with Crippen molar-refractivity contribution in [1.29, 1.82) is 0 Å². The molecule has 0 radical (unpaired) electrons. The molecule has 134 valence electrons. The van der Waals surface area contributed by atoms with Gasteiger partial charge >= 0.3 is 6.18 Å². The molecule has 0 aliphatic heterocycles. The Morgan fingerprint density at radius 2 is 1.81 bits per heavy atom. The average Bonchev–Trinajstić information content (AvgIpc) is 3.05. The molecule has 9 heteroatoms. The van der Waals surface area contributed by atoms with Crippen molar-refractivity contribution in [2.75, 3.05) is 5.32 Å². The molecule has 0 bridgehead atoms. The van der Waals surface area contributed by atoms with Gasteiger partial charge in [-0.3, -0.25) is 4.79 Å². The zero-order chi connectivity index (χ0) is 18.9. The first-order valence-corrected chi connectivity index (χ1v) is 8.35. The number of rotatable bonds is 3. The zero-order valence-electron chi connectivity index (χ0n) is 12.8. The van der Waals surface area contributed by atoms with Crippen LogP contribution in [0.3, 0.4) is 0 Å². The van der Waals surface area contributed by atoms with E-state index in [2.05, 4.69) is 10.3 Å². The van der Waals surface area contributed by atoms with Gasteiger partial charge in [-0.2, -0.15) is 13.2 Å². The highest BCUT2D eigenvalue weighted by Gasteiger charge is 2.39. The quantitative estimate of drug-likeness (QED) is 0.558. The maximum atomic E-state index is 13.3. The maximum absolute atomic E-state index is 13.3. The van der Waals surface area contributed by atoms with Crippen LogP contribution in [0, 0.1) is 5.82 Å². The highest BCUT2D eigenvalue weighted by Crippen LogP contribution is 2.38. The molecular weight excluding hydrogens is 392 g/mol. The predicted molar refractivity (Wildman–Crippen MR) is 91.9 cm³/mol. The van der Waals surface area contributed by atoms with E-state index in [9.17, 15) is 22.4 Å². The molecular formula is C17H9ClF4N2OS. The number of amides is 1. The lowest BCUT2D eigenvalue weighted by Crippen LogP contribution is -2.17. The molecule has 0 spiro atoms. The summed E-state index contributed by atoms with van der Waals surface area (Å²) in [4.78, 5) is 15.4. The van der Waals surface area contributed by atoms with Crippen LogP contribution in [-0.4, -0.2) is 10.9 Å². The number of aromatic nitrogens is 1. The van der Waals surface area contributed by atoms with Crippen molar-refractivity contribution in [1.82, 2.24) is 4.98 Å². The first-order chi connectivity index (χ1) is 12.3. The Labute approximate surface area is 154 Å². The lowest BCUT2D eigenvalue weighted by molar-refractivity contribution is -0.140. The Morgan fingerprint density at radius 3 is 2.42 bits per heavy atom. The van der Waals surface area contributed by atoms with E-state index in [-0.39, 0.29) is 15.7 Å². The fourth-order valence-corrected chi connectivity index (χ4v) is 3.30. The number of alkyl halides is 3. The molecule has 0 aliphatic carbocycles. The highest BCUT2D eigenvalue weighted by atomic mass is 35.5. The smallest absolute Gasteiger partial charge is 0.321 e. The molecule has 1 amide bonds. The Morgan fingerprint density at radius 1 is 1.12 bits per heavy atom. The molecule has 0 unspecified atom stereocenters. The molecule has 0 saturated heterocycles. The van der Waals surface area contributed by atoms with Gasteiger partial charge in [-0.25, -0.2) is 9.37 Å². The third-order valence-electron chi connectivity index (χ3n) is 3.30. The summed E-state index contributed by atoms with van der Waals surface area (Å²) in [6, 6.07) is 11.5. The standard InChI is InChI=1S/C17H9ClF4N2OS/c18-11-8-10(6-7-12(11)19)23-15(25)13-14(17(20,21)22)24-16(26-13)9-4-2-1-3-5-9/h1-8H,(H,23,25). The molecule has 3 nitrogen and oxygen atoms in total. The summed E-state index contributed by atoms with van der Waals surface area (Å²) in [6.07, 6.45) is -4.79. The van der Waals surface area contributed by atoms with Gasteiger partial charge in [0.1, 0.15) is 15.7 Å². The summed E-state index contributed by atoms with van der Waals surface area (Å²) in [5, 5.41) is 2.10. The van der Waals surface area contributed by atoms with E-state index < -0.39 is 28.5 Å². The maximum Gasteiger partial charge on any atom is 0.435 e. The first-order valence-electron chi connectivity index (χ1n) is 7.15. The van der Waals surface area contributed by atoms with E-state index in [0.717, 1.165) is 12.1 Å². The second-order valence-corrected chi connectivity index (χ2v) is 6.55. The summed E-state index contributed by atoms with van der Waals surface area (Å²) in [6.45, 7) is 0. The molecule has 0 saturated carbocycles. The lowest BCUT2D eigenvalue weighted by Gasteiger charge is -2.07. The van der Waals surface area contributed by atoms with Crippen molar-refractivity contribution in [3.05, 3.63) is 69.9 Å². The largest absolute Gasteiger partial charge is 0.435 e. The Balaban J connectivity index is 1.98. The van der Waals surface area contributed by atoms with E-state index in [0.29, 0.717) is 16.9 Å². The van der Waals surface area contributed by atoms with Gasteiger partial charge in [-0.1, -0.05) is 41.9 Å². The average molecular weight is 401 g/mol. The number of carbonyl (C=O) groups is 1. The van der Waals surface area contributed by atoms with Crippen LogP contribution in [0.2, 0.25) is 5.02 Å². The van der Waals surface area contributed by atoms with Crippen molar-refractivity contribution < 1.29 is 22.4 Å². The second kappa shape index (κ2) is 7.05. The minimum Gasteiger partial charge on any atom is -0.321 e. The summed E-state index contributed by atoms with van der Waals surface area (Å²) in [5.41, 5.74) is -0.733. The third-order valence-corrected chi connectivity index (χ3v) is 4.69. The molecule has 2 aromatic carbocycles. The Hall–Kier alpha value is -2.45. The molecule has 1 N–H and O–H groups in total. The van der Waals surface area contributed by atoms with E-state index in [4.69, 9.17) is 11.6 Å². The lowest BCUT2D eigenvalue weighted by atomic mass is 10.2. The number of hydrogen-bond acceptors (Lipinski definition) is 3.